The summed E-state index contributed by atoms with van der Waals surface area (Å²) in [5.41, 5.74) is 1.34. The summed E-state index contributed by atoms with van der Waals surface area (Å²) < 4.78 is 8.94. The van der Waals surface area contributed by atoms with Gasteiger partial charge in [0.05, 0.1) is 12.8 Å². The zero-order chi connectivity index (χ0) is 14.7. The van der Waals surface area contributed by atoms with Crippen LogP contribution in [0.4, 0.5) is 0 Å². The van der Waals surface area contributed by atoms with Gasteiger partial charge < -0.3 is 4.74 Å². The third kappa shape index (κ3) is 2.98. The minimum Gasteiger partial charge on any atom is -0.497 e. The number of aromatic nitrogens is 2. The Morgan fingerprint density at radius 1 is 1.19 bits per heavy atom. The Balaban J connectivity index is 1.88. The number of benzene rings is 2. The molecular formula is C16H12N2O2S. The van der Waals surface area contributed by atoms with E-state index in [9.17, 15) is 4.79 Å². The number of hydrogen-bond donors (Lipinski definition) is 0. The molecule has 0 amide bonds. The van der Waals surface area contributed by atoms with Crippen LogP contribution in [0.5, 0.6) is 5.75 Å². The number of ketones is 1. The number of ether oxygens (including phenoxy) is 1. The van der Waals surface area contributed by atoms with E-state index in [1.807, 2.05) is 36.4 Å². The van der Waals surface area contributed by atoms with Gasteiger partial charge in [-0.05, 0) is 52.7 Å². The number of allylic oxidation sites excluding steroid dienone is 1. The van der Waals surface area contributed by atoms with Gasteiger partial charge in [-0.1, -0.05) is 22.7 Å². The molecule has 0 aliphatic carbocycles. The molecule has 0 saturated carbocycles. The maximum absolute atomic E-state index is 12.2. The Morgan fingerprint density at radius 2 is 2.00 bits per heavy atom. The van der Waals surface area contributed by atoms with Crippen molar-refractivity contribution in [2.24, 2.45) is 0 Å². The molecule has 3 aromatic rings. The average molecular weight is 296 g/mol. The molecule has 0 atom stereocenters. The molecule has 0 radical (unpaired) electrons. The zero-order valence-corrected chi connectivity index (χ0v) is 12.1. The van der Waals surface area contributed by atoms with E-state index in [2.05, 4.69) is 9.59 Å². The van der Waals surface area contributed by atoms with Crippen LogP contribution in [0.25, 0.3) is 16.8 Å². The first-order valence-corrected chi connectivity index (χ1v) is 7.17. The third-order valence-electron chi connectivity index (χ3n) is 3.11. The third-order valence-corrected chi connectivity index (χ3v) is 3.64. The number of nitrogens with zero attached hydrogens (tertiary/aromatic N) is 2. The molecule has 0 saturated heterocycles. The summed E-state index contributed by atoms with van der Waals surface area (Å²) in [6, 6.07) is 11.4. The van der Waals surface area contributed by atoms with Crippen LogP contribution in [0, 0.1) is 0 Å². The van der Waals surface area contributed by atoms with E-state index < -0.39 is 0 Å². The number of carbonyl (C=O) groups is 1. The summed E-state index contributed by atoms with van der Waals surface area (Å²) in [5, 5.41) is 7.70. The largest absolute Gasteiger partial charge is 0.497 e. The second kappa shape index (κ2) is 5.85. The van der Waals surface area contributed by atoms with E-state index in [1.165, 1.54) is 17.6 Å². The number of methoxy groups -OCH3 is 1. The molecule has 0 aliphatic heterocycles. The van der Waals surface area contributed by atoms with Crippen molar-refractivity contribution in [1.82, 2.24) is 9.59 Å². The molecule has 1 aromatic heterocycles. The average Bonchev–Trinajstić information content (AvgIpc) is 3.05. The first-order valence-electron chi connectivity index (χ1n) is 6.33. The molecule has 0 fully saturated rings. The molecule has 0 unspecified atom stereocenters. The molecule has 0 aliphatic rings. The van der Waals surface area contributed by atoms with Crippen LogP contribution in [0.3, 0.4) is 0 Å². The second-order valence-corrected chi connectivity index (χ2v) is 5.07. The predicted molar refractivity (Wildman–Crippen MR) is 83.8 cm³/mol. The maximum Gasteiger partial charge on any atom is 0.185 e. The lowest BCUT2D eigenvalue weighted by Crippen LogP contribution is -1.94. The van der Waals surface area contributed by atoms with E-state index >= 15 is 0 Å². The molecule has 1 heterocycles. The summed E-state index contributed by atoms with van der Waals surface area (Å²) in [6.07, 6.45) is 3.19. The number of rotatable bonds is 4. The Labute approximate surface area is 125 Å². The van der Waals surface area contributed by atoms with E-state index in [0.29, 0.717) is 11.3 Å². The highest BCUT2D eigenvalue weighted by molar-refractivity contribution is 7.03. The van der Waals surface area contributed by atoms with Crippen molar-refractivity contribution >= 4 is 34.2 Å². The topological polar surface area (TPSA) is 52.1 Å². The van der Waals surface area contributed by atoms with Gasteiger partial charge >= 0.3 is 0 Å². The summed E-state index contributed by atoms with van der Waals surface area (Å²) in [4.78, 5) is 12.2. The molecule has 104 valence electrons. The van der Waals surface area contributed by atoms with Crippen molar-refractivity contribution < 1.29 is 9.53 Å². The summed E-state index contributed by atoms with van der Waals surface area (Å²) in [7, 11) is 1.64. The normalized spacial score (nSPS) is 11.1. The number of carbonyl (C=O) groups excluding carboxylic acids is 1. The standard InChI is InChI=1S/C16H12N2O2S/c1-20-15-6-4-11-8-13(3-2-12(11)9-15)16(19)7-5-14-10-21-18-17-14/h2-10H,1H3. The number of hydrogen-bond acceptors (Lipinski definition) is 5. The van der Waals surface area contributed by atoms with Gasteiger partial charge in [-0.2, -0.15) is 0 Å². The maximum atomic E-state index is 12.2. The van der Waals surface area contributed by atoms with Gasteiger partial charge in [-0.25, -0.2) is 0 Å². The molecule has 21 heavy (non-hydrogen) atoms. The second-order valence-electron chi connectivity index (χ2n) is 4.46. The van der Waals surface area contributed by atoms with Crippen molar-refractivity contribution in [2.75, 3.05) is 7.11 Å². The van der Waals surface area contributed by atoms with Crippen LogP contribution < -0.4 is 4.74 Å². The van der Waals surface area contributed by atoms with Crippen molar-refractivity contribution in [3.05, 3.63) is 59.1 Å². The minimum absolute atomic E-state index is 0.0549. The highest BCUT2D eigenvalue weighted by Crippen LogP contribution is 2.22. The fourth-order valence-corrected chi connectivity index (χ4v) is 2.43. The van der Waals surface area contributed by atoms with E-state index in [1.54, 1.807) is 18.6 Å². The monoisotopic (exact) mass is 296 g/mol. The number of fused-ring (bicyclic) bond motifs is 1. The fraction of sp³-hybridized carbons (Fsp3) is 0.0625. The van der Waals surface area contributed by atoms with Gasteiger partial charge in [0.15, 0.2) is 5.78 Å². The first kappa shape index (κ1) is 13.5. The van der Waals surface area contributed by atoms with Crippen LogP contribution in [0.1, 0.15) is 16.1 Å². The molecule has 0 spiro atoms. The first-order chi connectivity index (χ1) is 10.3. The van der Waals surface area contributed by atoms with Gasteiger partial charge in [-0.15, -0.1) is 5.10 Å². The van der Waals surface area contributed by atoms with Crippen LogP contribution in [-0.2, 0) is 0 Å². The molecule has 4 nitrogen and oxygen atoms in total. The summed E-state index contributed by atoms with van der Waals surface area (Å²) in [5.74, 6) is 0.748. The van der Waals surface area contributed by atoms with E-state index in [0.717, 1.165) is 16.5 Å². The molecule has 0 N–H and O–H groups in total. The lowest BCUT2D eigenvalue weighted by molar-refractivity contribution is 0.104. The van der Waals surface area contributed by atoms with Crippen molar-refractivity contribution in [3.8, 4) is 5.75 Å². The van der Waals surface area contributed by atoms with E-state index in [4.69, 9.17) is 4.74 Å². The SMILES string of the molecule is COc1ccc2cc(C(=O)C=Cc3csnn3)ccc2c1. The van der Waals surface area contributed by atoms with Crippen LogP contribution in [0.15, 0.2) is 47.9 Å². The van der Waals surface area contributed by atoms with Gasteiger partial charge in [0.25, 0.3) is 0 Å². The Kier molecular flexibility index (Phi) is 3.75. The zero-order valence-electron chi connectivity index (χ0n) is 11.3. The lowest BCUT2D eigenvalue weighted by atomic mass is 10.0. The predicted octanol–water partition coefficient (Wildman–Crippen LogP) is 3.60. The smallest absolute Gasteiger partial charge is 0.185 e. The highest BCUT2D eigenvalue weighted by atomic mass is 32.1. The van der Waals surface area contributed by atoms with Crippen molar-refractivity contribution in [3.63, 3.8) is 0 Å². The molecule has 0 bridgehead atoms. The Bertz CT molecular complexity index is 810. The van der Waals surface area contributed by atoms with Gasteiger partial charge in [0.2, 0.25) is 0 Å². The molecular weight excluding hydrogens is 284 g/mol. The molecule has 3 rings (SSSR count). The van der Waals surface area contributed by atoms with Crippen LogP contribution in [-0.4, -0.2) is 22.5 Å². The molecule has 5 heteroatoms. The quantitative estimate of drug-likeness (QED) is 0.545. The lowest BCUT2D eigenvalue weighted by Gasteiger charge is -2.04. The fourth-order valence-electron chi connectivity index (χ4n) is 2.01. The Hall–Kier alpha value is -2.53. The highest BCUT2D eigenvalue weighted by Gasteiger charge is 2.04. The van der Waals surface area contributed by atoms with Crippen LogP contribution >= 0.6 is 11.5 Å². The molecule has 2 aromatic carbocycles. The summed E-state index contributed by atoms with van der Waals surface area (Å²) in [6.45, 7) is 0. The minimum atomic E-state index is -0.0549. The van der Waals surface area contributed by atoms with Gasteiger partial charge in [0.1, 0.15) is 5.75 Å². The Morgan fingerprint density at radius 3 is 2.76 bits per heavy atom. The summed E-state index contributed by atoms with van der Waals surface area (Å²) >= 11 is 1.26. The van der Waals surface area contributed by atoms with Crippen molar-refractivity contribution in [2.45, 2.75) is 0 Å². The van der Waals surface area contributed by atoms with Crippen LogP contribution in [0.2, 0.25) is 0 Å². The van der Waals surface area contributed by atoms with Gasteiger partial charge in [0, 0.05) is 10.9 Å². The van der Waals surface area contributed by atoms with Crippen molar-refractivity contribution in [1.29, 1.82) is 0 Å². The van der Waals surface area contributed by atoms with E-state index in [-0.39, 0.29) is 5.78 Å². The van der Waals surface area contributed by atoms with Gasteiger partial charge in [-0.3, -0.25) is 4.79 Å².